The molecule has 5 heteroatoms. The van der Waals surface area contributed by atoms with Crippen LogP contribution in [0, 0.1) is 27.7 Å². The van der Waals surface area contributed by atoms with E-state index in [0.717, 1.165) is 47.6 Å². The number of H-pyrrole nitrogens is 1. The van der Waals surface area contributed by atoms with Gasteiger partial charge in [-0.05, 0) is 69.7 Å². The topological polar surface area (TPSA) is 80.5 Å². The van der Waals surface area contributed by atoms with E-state index < -0.39 is 0 Å². The minimum atomic E-state index is 0.337. The van der Waals surface area contributed by atoms with Crippen molar-refractivity contribution in [2.45, 2.75) is 47.0 Å². The molecule has 25 heavy (non-hydrogen) atoms. The maximum atomic E-state index is 5.96. The van der Waals surface area contributed by atoms with Gasteiger partial charge < -0.3 is 5.73 Å². The molecule has 0 aliphatic carbocycles. The molecule has 3 rings (SSSR count). The molecule has 3 aromatic rings. The Morgan fingerprint density at radius 1 is 1.04 bits per heavy atom. The summed E-state index contributed by atoms with van der Waals surface area (Å²) in [7, 11) is 0. The van der Waals surface area contributed by atoms with Crippen LogP contribution >= 0.6 is 0 Å². The van der Waals surface area contributed by atoms with Crippen LogP contribution < -0.4 is 5.73 Å². The number of aromatic nitrogens is 4. The average molecular weight is 335 g/mol. The fourth-order valence-electron chi connectivity index (χ4n) is 3.20. The zero-order valence-electron chi connectivity index (χ0n) is 15.3. The van der Waals surface area contributed by atoms with Gasteiger partial charge in [0.2, 0.25) is 5.95 Å². The van der Waals surface area contributed by atoms with E-state index in [1.807, 2.05) is 6.92 Å². The first kappa shape index (κ1) is 17.1. The fraction of sp³-hybridized carbons (Fsp3) is 0.350. The Morgan fingerprint density at radius 2 is 1.84 bits per heavy atom. The first-order chi connectivity index (χ1) is 12.0. The minimum absolute atomic E-state index is 0.337. The Kier molecular flexibility index (Phi) is 4.83. The van der Waals surface area contributed by atoms with Gasteiger partial charge in [0.15, 0.2) is 0 Å². The van der Waals surface area contributed by atoms with Gasteiger partial charge in [-0.3, -0.25) is 5.10 Å². The molecule has 0 aliphatic rings. The highest BCUT2D eigenvalue weighted by atomic mass is 15.1. The number of nitrogens with one attached hydrogen (secondary N) is 1. The molecule has 0 atom stereocenters. The number of nitrogens with two attached hydrogens (primary N) is 1. The molecule has 0 fully saturated rings. The van der Waals surface area contributed by atoms with Gasteiger partial charge in [0.25, 0.3) is 0 Å². The van der Waals surface area contributed by atoms with E-state index in [0.29, 0.717) is 5.95 Å². The van der Waals surface area contributed by atoms with Crippen LogP contribution in [0.2, 0.25) is 0 Å². The lowest BCUT2D eigenvalue weighted by Crippen LogP contribution is -2.03. The molecule has 2 aromatic heterocycles. The number of benzene rings is 1. The second-order valence-corrected chi connectivity index (χ2v) is 6.62. The van der Waals surface area contributed by atoms with Gasteiger partial charge in [-0.2, -0.15) is 5.10 Å². The lowest BCUT2D eigenvalue weighted by Gasteiger charge is -2.10. The van der Waals surface area contributed by atoms with Gasteiger partial charge in [0.1, 0.15) is 0 Å². The Labute approximate surface area is 148 Å². The van der Waals surface area contributed by atoms with Crippen molar-refractivity contribution in [3.05, 3.63) is 58.0 Å². The molecular weight excluding hydrogens is 310 g/mol. The van der Waals surface area contributed by atoms with Crippen LogP contribution in [0.25, 0.3) is 11.3 Å². The van der Waals surface area contributed by atoms with Crippen LogP contribution in [-0.4, -0.2) is 20.2 Å². The van der Waals surface area contributed by atoms with Crippen LogP contribution in [0.4, 0.5) is 5.95 Å². The molecule has 0 saturated heterocycles. The predicted molar refractivity (Wildman–Crippen MR) is 101 cm³/mol. The van der Waals surface area contributed by atoms with E-state index in [9.17, 15) is 0 Å². The monoisotopic (exact) mass is 335 g/mol. The van der Waals surface area contributed by atoms with Crippen molar-refractivity contribution in [1.29, 1.82) is 0 Å². The second kappa shape index (κ2) is 7.05. The van der Waals surface area contributed by atoms with Crippen LogP contribution in [-0.2, 0) is 12.8 Å². The van der Waals surface area contributed by atoms with E-state index in [1.165, 1.54) is 16.7 Å². The Morgan fingerprint density at radius 3 is 2.56 bits per heavy atom. The highest BCUT2D eigenvalue weighted by molar-refractivity contribution is 5.66. The molecule has 0 amide bonds. The zero-order valence-corrected chi connectivity index (χ0v) is 15.3. The van der Waals surface area contributed by atoms with Crippen molar-refractivity contribution in [2.75, 3.05) is 5.73 Å². The number of rotatable bonds is 5. The number of hydrogen-bond donors (Lipinski definition) is 2. The lowest BCUT2D eigenvalue weighted by molar-refractivity contribution is 0.790. The summed E-state index contributed by atoms with van der Waals surface area (Å²) in [6.45, 7) is 8.34. The highest BCUT2D eigenvalue weighted by Crippen LogP contribution is 2.25. The van der Waals surface area contributed by atoms with Crippen molar-refractivity contribution in [3.63, 3.8) is 0 Å². The molecule has 0 bridgehead atoms. The summed E-state index contributed by atoms with van der Waals surface area (Å²) in [5.74, 6) is 0.337. The predicted octanol–water partition coefficient (Wildman–Crippen LogP) is 3.86. The summed E-state index contributed by atoms with van der Waals surface area (Å²) >= 11 is 0. The van der Waals surface area contributed by atoms with Gasteiger partial charge in [-0.15, -0.1) is 0 Å². The molecule has 0 radical (unpaired) electrons. The molecule has 2 heterocycles. The smallest absolute Gasteiger partial charge is 0.220 e. The van der Waals surface area contributed by atoms with E-state index >= 15 is 0 Å². The highest BCUT2D eigenvalue weighted by Gasteiger charge is 2.10. The molecule has 0 aliphatic heterocycles. The van der Waals surface area contributed by atoms with E-state index in [4.69, 9.17) is 5.73 Å². The number of anilines is 1. The van der Waals surface area contributed by atoms with Crippen molar-refractivity contribution >= 4 is 5.95 Å². The first-order valence-electron chi connectivity index (χ1n) is 8.66. The van der Waals surface area contributed by atoms with Crippen molar-refractivity contribution in [3.8, 4) is 11.3 Å². The number of hydrogen-bond acceptors (Lipinski definition) is 4. The van der Waals surface area contributed by atoms with E-state index in [2.05, 4.69) is 65.2 Å². The molecule has 0 spiro atoms. The minimum Gasteiger partial charge on any atom is -0.368 e. The molecule has 3 N–H and O–H groups in total. The standard InChI is InChI=1S/C20H25N5/c1-12-7-5-9-17(13(12)2)19-11-16(22-20(21)23-19)8-6-10-18-14(3)24-25-15(18)4/h5,7,9,11H,6,8,10H2,1-4H3,(H,24,25)(H2,21,22,23). The Balaban J connectivity index is 1.79. The van der Waals surface area contributed by atoms with Gasteiger partial charge in [0.05, 0.1) is 11.4 Å². The van der Waals surface area contributed by atoms with Gasteiger partial charge in [-0.25, -0.2) is 9.97 Å². The second-order valence-electron chi connectivity index (χ2n) is 6.62. The van der Waals surface area contributed by atoms with E-state index in [1.54, 1.807) is 0 Å². The third kappa shape index (κ3) is 3.71. The quantitative estimate of drug-likeness (QED) is 0.742. The summed E-state index contributed by atoms with van der Waals surface area (Å²) in [6, 6.07) is 8.32. The third-order valence-electron chi connectivity index (χ3n) is 4.82. The summed E-state index contributed by atoms with van der Waals surface area (Å²) in [5, 5.41) is 7.30. The largest absolute Gasteiger partial charge is 0.368 e. The van der Waals surface area contributed by atoms with Crippen LogP contribution in [0.1, 0.15) is 40.2 Å². The number of aromatic amines is 1. The Bertz CT molecular complexity index is 876. The lowest BCUT2D eigenvalue weighted by atomic mass is 9.99. The SMILES string of the molecule is Cc1cccc(-c2cc(CCCc3c(C)n[nH]c3C)nc(N)n2)c1C. The average Bonchev–Trinajstić information content (AvgIpc) is 2.89. The molecule has 1 aromatic carbocycles. The molecule has 130 valence electrons. The zero-order chi connectivity index (χ0) is 18.0. The summed E-state index contributed by atoms with van der Waals surface area (Å²) in [6.07, 6.45) is 2.86. The van der Waals surface area contributed by atoms with Crippen LogP contribution in [0.3, 0.4) is 0 Å². The molecule has 5 nitrogen and oxygen atoms in total. The van der Waals surface area contributed by atoms with Crippen LogP contribution in [0.5, 0.6) is 0 Å². The summed E-state index contributed by atoms with van der Waals surface area (Å²) in [5.41, 5.74) is 15.0. The number of nitrogen functional groups attached to an aromatic ring is 1. The Hall–Kier alpha value is -2.69. The number of nitrogens with zero attached hydrogens (tertiary/aromatic N) is 3. The van der Waals surface area contributed by atoms with Gasteiger partial charge in [-0.1, -0.05) is 18.2 Å². The van der Waals surface area contributed by atoms with Gasteiger partial charge >= 0.3 is 0 Å². The van der Waals surface area contributed by atoms with E-state index in [-0.39, 0.29) is 0 Å². The summed E-state index contributed by atoms with van der Waals surface area (Å²) < 4.78 is 0. The summed E-state index contributed by atoms with van der Waals surface area (Å²) in [4.78, 5) is 8.86. The van der Waals surface area contributed by atoms with Crippen molar-refractivity contribution < 1.29 is 0 Å². The maximum Gasteiger partial charge on any atom is 0.220 e. The molecular formula is C20H25N5. The first-order valence-corrected chi connectivity index (χ1v) is 8.66. The molecule has 0 unspecified atom stereocenters. The van der Waals surface area contributed by atoms with Crippen LogP contribution in [0.15, 0.2) is 24.3 Å². The third-order valence-corrected chi connectivity index (χ3v) is 4.82. The number of aryl methyl sites for hydroxylation is 4. The normalized spacial score (nSPS) is 11.0. The van der Waals surface area contributed by atoms with Gasteiger partial charge in [0, 0.05) is 17.0 Å². The molecule has 0 saturated carbocycles. The fourth-order valence-corrected chi connectivity index (χ4v) is 3.20. The maximum absolute atomic E-state index is 5.96. The van der Waals surface area contributed by atoms with Crippen molar-refractivity contribution in [2.24, 2.45) is 0 Å². The van der Waals surface area contributed by atoms with Crippen molar-refractivity contribution in [1.82, 2.24) is 20.2 Å².